The van der Waals surface area contributed by atoms with Crippen molar-refractivity contribution in [1.29, 1.82) is 0 Å². The van der Waals surface area contributed by atoms with E-state index in [9.17, 15) is 9.59 Å². The number of carboxylic acid groups (broad SMARTS) is 1. The lowest BCUT2D eigenvalue weighted by molar-refractivity contribution is -0.141. The number of amides is 2. The van der Waals surface area contributed by atoms with E-state index in [-0.39, 0.29) is 12.1 Å². The molecule has 0 radical (unpaired) electrons. The maximum Gasteiger partial charge on any atom is 0.315 e. The van der Waals surface area contributed by atoms with E-state index >= 15 is 0 Å². The minimum atomic E-state index is -0.841. The molecule has 2 amide bonds. The normalized spacial score (nSPS) is 13.6. The molecule has 2 atom stereocenters. The number of carboxylic acids is 1. The van der Waals surface area contributed by atoms with Crippen molar-refractivity contribution in [2.45, 2.75) is 32.7 Å². The lowest BCUT2D eigenvalue weighted by Crippen LogP contribution is -2.38. The van der Waals surface area contributed by atoms with Crippen molar-refractivity contribution < 1.29 is 14.7 Å². The molecule has 2 unspecified atom stereocenters. The second-order valence-electron chi connectivity index (χ2n) is 4.40. The van der Waals surface area contributed by atoms with E-state index in [0.29, 0.717) is 13.0 Å². The molecule has 0 saturated carbocycles. The van der Waals surface area contributed by atoms with Crippen LogP contribution in [0.1, 0.15) is 37.6 Å². The summed E-state index contributed by atoms with van der Waals surface area (Å²) in [6.07, 6.45) is 1.25. The first-order valence-corrected chi connectivity index (χ1v) is 7.23. The van der Waals surface area contributed by atoms with Gasteiger partial charge in [-0.2, -0.15) is 0 Å². The van der Waals surface area contributed by atoms with Gasteiger partial charge >= 0.3 is 12.0 Å². The van der Waals surface area contributed by atoms with Crippen molar-refractivity contribution in [3.05, 3.63) is 22.4 Å². The number of carbonyl (C=O) groups excluding carboxylic acids is 1. The van der Waals surface area contributed by atoms with Gasteiger partial charge in [0.15, 0.2) is 0 Å². The monoisotopic (exact) mass is 284 g/mol. The van der Waals surface area contributed by atoms with Gasteiger partial charge < -0.3 is 15.7 Å². The zero-order chi connectivity index (χ0) is 14.3. The molecule has 0 aromatic carbocycles. The van der Waals surface area contributed by atoms with Crippen LogP contribution in [0.15, 0.2) is 17.5 Å². The summed E-state index contributed by atoms with van der Waals surface area (Å²) >= 11 is 1.61. The van der Waals surface area contributed by atoms with Crippen LogP contribution in [0.5, 0.6) is 0 Å². The number of carbonyl (C=O) groups is 2. The van der Waals surface area contributed by atoms with Crippen LogP contribution in [0.25, 0.3) is 0 Å². The Kier molecular flexibility index (Phi) is 6.35. The fraction of sp³-hybridized carbons (Fsp3) is 0.538. The molecule has 1 aromatic heterocycles. The van der Waals surface area contributed by atoms with Crippen LogP contribution in [0.4, 0.5) is 4.79 Å². The zero-order valence-electron chi connectivity index (χ0n) is 11.2. The van der Waals surface area contributed by atoms with Gasteiger partial charge in [-0.05, 0) is 24.3 Å². The largest absolute Gasteiger partial charge is 0.481 e. The number of urea groups is 1. The molecule has 0 aliphatic carbocycles. The minimum Gasteiger partial charge on any atom is -0.481 e. The van der Waals surface area contributed by atoms with Crippen LogP contribution in [0.2, 0.25) is 0 Å². The average molecular weight is 284 g/mol. The van der Waals surface area contributed by atoms with E-state index < -0.39 is 11.9 Å². The molecule has 0 fully saturated rings. The van der Waals surface area contributed by atoms with Crippen molar-refractivity contribution >= 4 is 23.3 Å². The molecule has 0 saturated heterocycles. The number of thiophene rings is 1. The standard InChI is InChI=1S/C13H20N2O3S/c1-3-10(11-5-4-8-19-11)15-13(18)14-7-6-9(2)12(16)17/h4-5,8-10H,3,6-7H2,1-2H3,(H,16,17)(H2,14,15,18). The van der Waals surface area contributed by atoms with Crippen LogP contribution < -0.4 is 10.6 Å². The first kappa shape index (κ1) is 15.5. The Labute approximate surface area is 117 Å². The highest BCUT2D eigenvalue weighted by Crippen LogP contribution is 2.21. The first-order chi connectivity index (χ1) is 9.04. The molecule has 1 aromatic rings. The van der Waals surface area contributed by atoms with E-state index in [0.717, 1.165) is 11.3 Å². The van der Waals surface area contributed by atoms with E-state index in [4.69, 9.17) is 5.11 Å². The van der Waals surface area contributed by atoms with E-state index in [1.54, 1.807) is 18.3 Å². The Morgan fingerprint density at radius 1 is 1.47 bits per heavy atom. The Hall–Kier alpha value is -1.56. The maximum absolute atomic E-state index is 11.7. The minimum absolute atomic E-state index is 0.0110. The summed E-state index contributed by atoms with van der Waals surface area (Å²) in [4.78, 5) is 23.4. The summed E-state index contributed by atoms with van der Waals surface area (Å²) in [5.74, 6) is -1.29. The molecule has 0 aliphatic heterocycles. The van der Waals surface area contributed by atoms with E-state index in [1.807, 2.05) is 24.4 Å². The summed E-state index contributed by atoms with van der Waals surface area (Å²) in [5.41, 5.74) is 0. The molecule has 106 valence electrons. The highest BCUT2D eigenvalue weighted by Gasteiger charge is 2.14. The molecule has 0 spiro atoms. The van der Waals surface area contributed by atoms with Gasteiger partial charge in [-0.1, -0.05) is 19.9 Å². The lowest BCUT2D eigenvalue weighted by Gasteiger charge is -2.16. The summed E-state index contributed by atoms with van der Waals surface area (Å²) in [7, 11) is 0. The van der Waals surface area contributed by atoms with Crippen LogP contribution in [-0.4, -0.2) is 23.7 Å². The van der Waals surface area contributed by atoms with Gasteiger partial charge in [-0.15, -0.1) is 11.3 Å². The van der Waals surface area contributed by atoms with Crippen molar-refractivity contribution in [3.8, 4) is 0 Å². The summed E-state index contributed by atoms with van der Waals surface area (Å²) in [6.45, 7) is 4.00. The second kappa shape index (κ2) is 7.78. The topological polar surface area (TPSA) is 78.4 Å². The molecule has 6 heteroatoms. The Morgan fingerprint density at radius 2 is 2.21 bits per heavy atom. The Morgan fingerprint density at radius 3 is 2.74 bits per heavy atom. The van der Waals surface area contributed by atoms with Gasteiger partial charge in [0.2, 0.25) is 0 Å². The predicted octanol–water partition coefficient (Wildman–Crippen LogP) is 2.61. The Bertz CT molecular complexity index is 406. The molecule has 19 heavy (non-hydrogen) atoms. The number of hydrogen-bond donors (Lipinski definition) is 3. The van der Waals surface area contributed by atoms with Crippen molar-refractivity contribution in [3.63, 3.8) is 0 Å². The fourth-order valence-electron chi connectivity index (χ4n) is 1.60. The van der Waals surface area contributed by atoms with Gasteiger partial charge in [-0.25, -0.2) is 4.79 Å². The van der Waals surface area contributed by atoms with Crippen LogP contribution in [-0.2, 0) is 4.79 Å². The lowest BCUT2D eigenvalue weighted by atomic mass is 10.1. The molecular weight excluding hydrogens is 264 g/mol. The quantitative estimate of drug-likeness (QED) is 0.720. The van der Waals surface area contributed by atoms with Gasteiger partial charge in [0.05, 0.1) is 12.0 Å². The van der Waals surface area contributed by atoms with E-state index in [2.05, 4.69) is 10.6 Å². The van der Waals surface area contributed by atoms with Crippen molar-refractivity contribution in [1.82, 2.24) is 10.6 Å². The predicted molar refractivity (Wildman–Crippen MR) is 75.3 cm³/mol. The third kappa shape index (κ3) is 5.30. The molecule has 0 aliphatic rings. The van der Waals surface area contributed by atoms with Gasteiger partial charge in [0.1, 0.15) is 0 Å². The fourth-order valence-corrected chi connectivity index (χ4v) is 2.46. The number of aliphatic carboxylic acids is 1. The van der Waals surface area contributed by atoms with Gasteiger partial charge in [0, 0.05) is 11.4 Å². The third-order valence-corrected chi connectivity index (χ3v) is 3.87. The van der Waals surface area contributed by atoms with Crippen molar-refractivity contribution in [2.24, 2.45) is 5.92 Å². The number of hydrogen-bond acceptors (Lipinski definition) is 3. The summed E-state index contributed by atoms with van der Waals surface area (Å²) < 4.78 is 0. The molecule has 0 bridgehead atoms. The molecule has 1 heterocycles. The third-order valence-electron chi connectivity index (χ3n) is 2.88. The van der Waals surface area contributed by atoms with E-state index in [1.165, 1.54) is 0 Å². The van der Waals surface area contributed by atoms with Crippen molar-refractivity contribution in [2.75, 3.05) is 6.54 Å². The molecule has 1 rings (SSSR count). The van der Waals surface area contributed by atoms with Crippen LogP contribution in [0, 0.1) is 5.92 Å². The molecule has 5 nitrogen and oxygen atoms in total. The smallest absolute Gasteiger partial charge is 0.315 e. The van der Waals surface area contributed by atoms with Crippen LogP contribution in [0.3, 0.4) is 0 Å². The maximum atomic E-state index is 11.7. The zero-order valence-corrected chi connectivity index (χ0v) is 12.0. The average Bonchev–Trinajstić information content (AvgIpc) is 2.89. The molecular formula is C13H20N2O3S. The number of rotatable bonds is 7. The van der Waals surface area contributed by atoms with Gasteiger partial charge in [0.25, 0.3) is 0 Å². The van der Waals surface area contributed by atoms with Crippen LogP contribution >= 0.6 is 11.3 Å². The second-order valence-corrected chi connectivity index (χ2v) is 5.38. The Balaban J connectivity index is 2.32. The highest BCUT2D eigenvalue weighted by molar-refractivity contribution is 7.10. The number of nitrogens with one attached hydrogen (secondary N) is 2. The van der Waals surface area contributed by atoms with Gasteiger partial charge in [-0.3, -0.25) is 4.79 Å². The summed E-state index contributed by atoms with van der Waals surface area (Å²) in [5, 5.41) is 16.3. The first-order valence-electron chi connectivity index (χ1n) is 6.35. The molecule has 3 N–H and O–H groups in total. The highest BCUT2D eigenvalue weighted by atomic mass is 32.1. The summed E-state index contributed by atoms with van der Waals surface area (Å²) in [6, 6.07) is 3.71. The SMILES string of the molecule is CCC(NC(=O)NCCC(C)C(=O)O)c1cccs1.